The minimum Gasteiger partial charge on any atom is -0.391 e. The highest BCUT2D eigenvalue weighted by Crippen LogP contribution is 2.26. The zero-order chi connectivity index (χ0) is 13.1. The number of β-amino-alcohol motifs (C(OH)–C–C–N with tert-alkyl or cyclic N) is 1. The second-order valence-electron chi connectivity index (χ2n) is 4.97. The van der Waals surface area contributed by atoms with Crippen molar-refractivity contribution in [3.8, 4) is 6.07 Å². The van der Waals surface area contributed by atoms with Gasteiger partial charge in [0.05, 0.1) is 6.10 Å². The van der Waals surface area contributed by atoms with Crippen molar-refractivity contribution in [2.75, 3.05) is 32.1 Å². The molecule has 0 saturated carbocycles. The molecule has 0 amide bonds. The van der Waals surface area contributed by atoms with E-state index >= 15 is 0 Å². The maximum absolute atomic E-state index is 9.83. The fourth-order valence-electron chi connectivity index (χ4n) is 2.46. The van der Waals surface area contributed by atoms with Gasteiger partial charge in [0.1, 0.15) is 11.8 Å². The molecule has 2 atom stereocenters. The van der Waals surface area contributed by atoms with Gasteiger partial charge in [-0.25, -0.2) is 4.98 Å². The first kappa shape index (κ1) is 12.8. The largest absolute Gasteiger partial charge is 0.391 e. The Morgan fingerprint density at radius 3 is 3.06 bits per heavy atom. The van der Waals surface area contributed by atoms with E-state index in [1.54, 1.807) is 12.3 Å². The van der Waals surface area contributed by atoms with E-state index in [-0.39, 0.29) is 12.1 Å². The normalized spacial score (nSPS) is 23.4. The SMILES string of the molecule is CN(C)CC1CC(O)CN1c1ccnc(C#N)c1. The van der Waals surface area contributed by atoms with Crippen LogP contribution in [0.3, 0.4) is 0 Å². The maximum Gasteiger partial charge on any atom is 0.142 e. The highest BCUT2D eigenvalue weighted by Gasteiger charge is 2.31. The van der Waals surface area contributed by atoms with E-state index in [0.29, 0.717) is 12.2 Å². The van der Waals surface area contributed by atoms with E-state index in [9.17, 15) is 5.11 Å². The molecular formula is C13H18N4O. The molecule has 0 radical (unpaired) electrons. The Hall–Kier alpha value is -1.64. The van der Waals surface area contributed by atoms with E-state index in [0.717, 1.165) is 18.7 Å². The lowest BCUT2D eigenvalue weighted by Gasteiger charge is -2.28. The molecule has 0 aliphatic carbocycles. The van der Waals surface area contributed by atoms with Gasteiger partial charge in [0.25, 0.3) is 0 Å². The number of hydrogen-bond donors (Lipinski definition) is 1. The molecule has 96 valence electrons. The minimum atomic E-state index is -0.298. The van der Waals surface area contributed by atoms with Crippen molar-refractivity contribution >= 4 is 5.69 Å². The summed E-state index contributed by atoms with van der Waals surface area (Å²) >= 11 is 0. The van der Waals surface area contributed by atoms with Gasteiger partial charge in [-0.1, -0.05) is 0 Å². The Kier molecular flexibility index (Phi) is 3.80. The zero-order valence-electron chi connectivity index (χ0n) is 10.7. The van der Waals surface area contributed by atoms with Crippen LogP contribution in [0.15, 0.2) is 18.3 Å². The summed E-state index contributed by atoms with van der Waals surface area (Å²) in [4.78, 5) is 8.25. The summed E-state index contributed by atoms with van der Waals surface area (Å²) in [5.74, 6) is 0. The molecular weight excluding hydrogens is 228 g/mol. The Morgan fingerprint density at radius 2 is 2.39 bits per heavy atom. The fraction of sp³-hybridized carbons (Fsp3) is 0.538. The Balaban J connectivity index is 2.21. The molecule has 0 bridgehead atoms. The third-order valence-corrected chi connectivity index (χ3v) is 3.16. The van der Waals surface area contributed by atoms with Crippen molar-refractivity contribution < 1.29 is 5.11 Å². The summed E-state index contributed by atoms with van der Waals surface area (Å²) < 4.78 is 0. The van der Waals surface area contributed by atoms with Crippen molar-refractivity contribution in [1.82, 2.24) is 9.88 Å². The van der Waals surface area contributed by atoms with Crippen LogP contribution in [0, 0.1) is 11.3 Å². The van der Waals surface area contributed by atoms with Gasteiger partial charge >= 0.3 is 0 Å². The third-order valence-electron chi connectivity index (χ3n) is 3.16. The lowest BCUT2D eigenvalue weighted by molar-refractivity contribution is 0.191. The van der Waals surface area contributed by atoms with Gasteiger partial charge in [-0.15, -0.1) is 0 Å². The summed E-state index contributed by atoms with van der Waals surface area (Å²) in [7, 11) is 4.05. The standard InChI is InChI=1S/C13H18N4O/c1-16(2)8-12-6-13(18)9-17(12)11-3-4-15-10(5-11)7-14/h3-5,12-13,18H,6,8-9H2,1-2H3. The van der Waals surface area contributed by atoms with E-state index in [1.807, 2.05) is 26.2 Å². The first-order valence-corrected chi connectivity index (χ1v) is 6.05. The molecule has 2 heterocycles. The van der Waals surface area contributed by atoms with Crippen LogP contribution >= 0.6 is 0 Å². The molecule has 5 nitrogen and oxygen atoms in total. The first-order chi connectivity index (χ1) is 8.60. The third kappa shape index (κ3) is 2.78. The maximum atomic E-state index is 9.83. The summed E-state index contributed by atoms with van der Waals surface area (Å²) in [6.07, 6.45) is 2.11. The van der Waals surface area contributed by atoms with Gasteiger partial charge in [0.15, 0.2) is 0 Å². The van der Waals surface area contributed by atoms with Crippen molar-refractivity contribution in [2.45, 2.75) is 18.6 Å². The summed E-state index contributed by atoms with van der Waals surface area (Å²) in [6.45, 7) is 1.51. The number of nitriles is 1. The molecule has 1 N–H and O–H groups in total. The lowest BCUT2D eigenvalue weighted by atomic mass is 10.2. The average Bonchev–Trinajstić information content (AvgIpc) is 2.69. The minimum absolute atomic E-state index is 0.281. The summed E-state index contributed by atoms with van der Waals surface area (Å²) in [5, 5.41) is 18.7. The molecule has 0 spiro atoms. The summed E-state index contributed by atoms with van der Waals surface area (Å²) in [5.41, 5.74) is 1.38. The highest BCUT2D eigenvalue weighted by atomic mass is 16.3. The molecule has 2 rings (SSSR count). The quantitative estimate of drug-likeness (QED) is 0.839. The Bertz CT molecular complexity index is 455. The molecule has 2 unspecified atom stereocenters. The molecule has 1 fully saturated rings. The first-order valence-electron chi connectivity index (χ1n) is 6.05. The number of pyridine rings is 1. The van der Waals surface area contributed by atoms with Crippen LogP contribution in [0.4, 0.5) is 5.69 Å². The van der Waals surface area contributed by atoms with Crippen LogP contribution < -0.4 is 4.90 Å². The van der Waals surface area contributed by atoms with Crippen LogP contribution in [0.25, 0.3) is 0 Å². The molecule has 1 aliphatic rings. The van der Waals surface area contributed by atoms with Gasteiger partial charge in [0, 0.05) is 31.0 Å². The van der Waals surface area contributed by atoms with Crippen LogP contribution in [-0.2, 0) is 0 Å². The molecule has 1 aromatic rings. The van der Waals surface area contributed by atoms with Gasteiger partial charge in [-0.05, 0) is 32.6 Å². The number of nitrogens with zero attached hydrogens (tertiary/aromatic N) is 4. The van der Waals surface area contributed by atoms with E-state index in [4.69, 9.17) is 5.26 Å². The molecule has 0 aromatic carbocycles. The average molecular weight is 246 g/mol. The smallest absolute Gasteiger partial charge is 0.142 e. The van der Waals surface area contributed by atoms with Crippen molar-refractivity contribution in [1.29, 1.82) is 5.26 Å². The van der Waals surface area contributed by atoms with Crippen molar-refractivity contribution in [3.63, 3.8) is 0 Å². The number of anilines is 1. The second kappa shape index (κ2) is 5.34. The molecule has 5 heteroatoms. The molecule has 1 aliphatic heterocycles. The van der Waals surface area contributed by atoms with Crippen LogP contribution in [-0.4, -0.2) is 54.3 Å². The summed E-state index contributed by atoms with van der Waals surface area (Å²) in [6, 6.07) is 6.00. The number of aliphatic hydroxyl groups excluding tert-OH is 1. The molecule has 18 heavy (non-hydrogen) atoms. The Morgan fingerprint density at radius 1 is 1.61 bits per heavy atom. The van der Waals surface area contributed by atoms with Gasteiger partial charge in [0.2, 0.25) is 0 Å². The molecule has 1 saturated heterocycles. The predicted octanol–water partition coefficient (Wildman–Crippen LogP) is 0.454. The van der Waals surface area contributed by atoms with E-state index in [2.05, 4.69) is 14.8 Å². The Labute approximate surface area is 107 Å². The van der Waals surface area contributed by atoms with Gasteiger partial charge < -0.3 is 14.9 Å². The van der Waals surface area contributed by atoms with Gasteiger partial charge in [-0.3, -0.25) is 0 Å². The zero-order valence-corrected chi connectivity index (χ0v) is 10.7. The number of aliphatic hydroxyl groups is 1. The van der Waals surface area contributed by atoms with Crippen LogP contribution in [0.5, 0.6) is 0 Å². The lowest BCUT2D eigenvalue weighted by Crippen LogP contribution is -2.37. The van der Waals surface area contributed by atoms with E-state index < -0.39 is 0 Å². The van der Waals surface area contributed by atoms with Crippen molar-refractivity contribution in [2.24, 2.45) is 0 Å². The van der Waals surface area contributed by atoms with Crippen LogP contribution in [0.2, 0.25) is 0 Å². The predicted molar refractivity (Wildman–Crippen MR) is 69.3 cm³/mol. The van der Waals surface area contributed by atoms with Crippen LogP contribution in [0.1, 0.15) is 12.1 Å². The van der Waals surface area contributed by atoms with Crippen molar-refractivity contribution in [3.05, 3.63) is 24.0 Å². The highest BCUT2D eigenvalue weighted by molar-refractivity contribution is 5.51. The number of likely N-dealkylation sites (N-methyl/N-ethyl adjacent to an activating group) is 1. The number of hydrogen-bond acceptors (Lipinski definition) is 5. The number of rotatable bonds is 3. The monoisotopic (exact) mass is 246 g/mol. The second-order valence-corrected chi connectivity index (χ2v) is 4.97. The number of aromatic nitrogens is 1. The van der Waals surface area contributed by atoms with Gasteiger partial charge in [-0.2, -0.15) is 5.26 Å². The molecule has 1 aromatic heterocycles. The topological polar surface area (TPSA) is 63.4 Å². The fourth-order valence-corrected chi connectivity index (χ4v) is 2.46. The van der Waals surface area contributed by atoms with E-state index in [1.165, 1.54) is 0 Å².